The van der Waals surface area contributed by atoms with E-state index in [1.54, 1.807) is 23.1 Å². The van der Waals surface area contributed by atoms with Crippen molar-refractivity contribution in [1.29, 1.82) is 5.26 Å². The molecule has 2 aliphatic heterocycles. The van der Waals surface area contributed by atoms with Crippen LogP contribution in [0.2, 0.25) is 0 Å². The first-order chi connectivity index (χ1) is 21.8. The molecule has 0 bridgehead atoms. The molecule has 13 heteroatoms. The van der Waals surface area contributed by atoms with Gasteiger partial charge in [-0.2, -0.15) is 10.4 Å². The lowest BCUT2D eigenvalue weighted by Gasteiger charge is -2.30. The van der Waals surface area contributed by atoms with Gasteiger partial charge in [0.1, 0.15) is 17.3 Å². The average molecular weight is 626 g/mol. The summed E-state index contributed by atoms with van der Waals surface area (Å²) in [6.45, 7) is 3.43. The zero-order valence-electron chi connectivity index (χ0n) is 25.2. The SMILES string of the molecule is CS(=O)(=O)NC(=O)c1cc(-c2ccc(N3CCC(C#N)CC3)nc2)c2c(C3CCC3)nn(-c3ccnc(N4CCCC4)c3)c2n1. The monoisotopic (exact) mass is 625 g/mol. The molecule has 1 N–H and O–H groups in total. The number of aromatic nitrogens is 5. The highest BCUT2D eigenvalue weighted by molar-refractivity contribution is 7.89. The number of amides is 1. The van der Waals surface area contributed by atoms with Crippen LogP contribution in [-0.2, 0) is 10.0 Å². The fourth-order valence-corrected chi connectivity index (χ4v) is 6.92. The molecule has 4 aromatic rings. The lowest BCUT2D eigenvalue weighted by Crippen LogP contribution is -2.33. The molecule has 0 atom stereocenters. The Balaban J connectivity index is 1.37. The minimum atomic E-state index is -3.82. The van der Waals surface area contributed by atoms with Gasteiger partial charge in [-0.25, -0.2) is 32.8 Å². The largest absolute Gasteiger partial charge is 0.357 e. The van der Waals surface area contributed by atoms with Gasteiger partial charge in [0.25, 0.3) is 5.91 Å². The second-order valence-electron chi connectivity index (χ2n) is 12.2. The Labute approximate surface area is 262 Å². The number of hydrogen-bond donors (Lipinski definition) is 1. The number of carbonyl (C=O) groups excluding carboxylic acids is 1. The van der Waals surface area contributed by atoms with E-state index < -0.39 is 15.9 Å². The number of sulfonamides is 1. The molecule has 1 aliphatic carbocycles. The number of nitrogens with one attached hydrogen (secondary N) is 1. The highest BCUT2D eigenvalue weighted by atomic mass is 32.2. The third-order valence-corrected chi connectivity index (χ3v) is 9.69. The van der Waals surface area contributed by atoms with E-state index in [1.165, 1.54) is 0 Å². The summed E-state index contributed by atoms with van der Waals surface area (Å²) in [7, 11) is -3.82. The molecule has 232 valence electrons. The van der Waals surface area contributed by atoms with Gasteiger partial charge in [0.2, 0.25) is 10.0 Å². The van der Waals surface area contributed by atoms with Crippen molar-refractivity contribution < 1.29 is 13.2 Å². The summed E-state index contributed by atoms with van der Waals surface area (Å²) < 4.78 is 27.9. The Morgan fingerprint density at radius 2 is 1.71 bits per heavy atom. The summed E-state index contributed by atoms with van der Waals surface area (Å²) in [5.74, 6) is 1.21. The van der Waals surface area contributed by atoms with Gasteiger partial charge in [-0.3, -0.25) is 4.79 Å². The van der Waals surface area contributed by atoms with Crippen molar-refractivity contribution >= 4 is 38.6 Å². The van der Waals surface area contributed by atoms with Crippen LogP contribution in [0.25, 0.3) is 27.8 Å². The van der Waals surface area contributed by atoms with Gasteiger partial charge in [-0.1, -0.05) is 6.42 Å². The molecule has 12 nitrogen and oxygen atoms in total. The first kappa shape index (κ1) is 29.2. The van der Waals surface area contributed by atoms with Crippen molar-refractivity contribution in [3.05, 3.63) is 54.1 Å². The van der Waals surface area contributed by atoms with Gasteiger partial charge < -0.3 is 9.80 Å². The molecule has 3 fully saturated rings. The van der Waals surface area contributed by atoms with Crippen LogP contribution in [0, 0.1) is 17.2 Å². The molecule has 0 spiro atoms. The van der Waals surface area contributed by atoms with E-state index in [4.69, 9.17) is 15.1 Å². The second kappa shape index (κ2) is 11.7. The Bertz CT molecular complexity index is 1900. The molecule has 1 saturated carbocycles. The number of nitrogens with zero attached hydrogens (tertiary/aromatic N) is 8. The Kier molecular flexibility index (Phi) is 7.61. The molecular weight excluding hydrogens is 590 g/mol. The molecule has 0 unspecified atom stereocenters. The smallest absolute Gasteiger partial charge is 0.283 e. The Morgan fingerprint density at radius 3 is 2.36 bits per heavy atom. The van der Waals surface area contributed by atoms with Gasteiger partial charge in [0.15, 0.2) is 5.65 Å². The predicted octanol–water partition coefficient (Wildman–Crippen LogP) is 4.17. The van der Waals surface area contributed by atoms with E-state index in [0.29, 0.717) is 5.65 Å². The van der Waals surface area contributed by atoms with E-state index in [1.807, 2.05) is 24.3 Å². The van der Waals surface area contributed by atoms with Gasteiger partial charge in [-0.15, -0.1) is 0 Å². The van der Waals surface area contributed by atoms with Crippen LogP contribution >= 0.6 is 0 Å². The Morgan fingerprint density at radius 1 is 0.956 bits per heavy atom. The number of hydrogen-bond acceptors (Lipinski definition) is 10. The van der Waals surface area contributed by atoms with Crippen LogP contribution in [-0.4, -0.2) is 71.5 Å². The highest BCUT2D eigenvalue weighted by Crippen LogP contribution is 2.43. The van der Waals surface area contributed by atoms with Crippen LogP contribution in [0.3, 0.4) is 0 Å². The Hall–Kier alpha value is -4.57. The number of carbonyl (C=O) groups is 1. The van der Waals surface area contributed by atoms with Crippen molar-refractivity contribution in [1.82, 2.24) is 29.5 Å². The van der Waals surface area contributed by atoms with Crippen LogP contribution in [0.1, 0.15) is 67.0 Å². The molecule has 4 aromatic heterocycles. The van der Waals surface area contributed by atoms with E-state index in [2.05, 4.69) is 25.6 Å². The van der Waals surface area contributed by atoms with Gasteiger partial charge in [0, 0.05) is 62.0 Å². The average Bonchev–Trinajstić information content (AvgIpc) is 3.69. The van der Waals surface area contributed by atoms with Gasteiger partial charge in [-0.05, 0) is 68.4 Å². The minimum absolute atomic E-state index is 0.0271. The van der Waals surface area contributed by atoms with Crippen LogP contribution in [0.5, 0.6) is 0 Å². The first-order valence-corrected chi connectivity index (χ1v) is 17.4. The zero-order chi connectivity index (χ0) is 31.1. The van der Waals surface area contributed by atoms with Gasteiger partial charge >= 0.3 is 0 Å². The summed E-state index contributed by atoms with van der Waals surface area (Å²) in [6.07, 6.45) is 11.5. The summed E-state index contributed by atoms with van der Waals surface area (Å²) in [5, 5.41) is 15.2. The van der Waals surface area contributed by atoms with E-state index >= 15 is 0 Å². The molecule has 45 heavy (non-hydrogen) atoms. The second-order valence-corrected chi connectivity index (χ2v) is 14.0. The maximum Gasteiger partial charge on any atom is 0.283 e. The number of piperidine rings is 1. The van der Waals surface area contributed by atoms with E-state index in [9.17, 15) is 18.5 Å². The summed E-state index contributed by atoms with van der Waals surface area (Å²) in [5.41, 5.74) is 3.64. The molecular formula is C32H35N9O3S. The fourth-order valence-electron chi connectivity index (χ4n) is 6.48. The third-order valence-electron chi connectivity index (χ3n) is 9.13. The summed E-state index contributed by atoms with van der Waals surface area (Å²) in [6, 6.07) is 11.8. The molecule has 0 aromatic carbocycles. The van der Waals surface area contributed by atoms with Crippen molar-refractivity contribution in [2.75, 3.05) is 42.2 Å². The zero-order valence-corrected chi connectivity index (χ0v) is 26.0. The number of rotatable bonds is 7. The number of pyridine rings is 3. The minimum Gasteiger partial charge on any atom is -0.357 e. The molecule has 6 heterocycles. The summed E-state index contributed by atoms with van der Waals surface area (Å²) >= 11 is 0. The standard InChI is InChI=1S/C32H35N9O3S/c1-45(43,44)38-32(42)26-18-25(23-7-8-27(35-20-23)40-15-10-21(19-33)11-16-40)29-30(22-5-4-6-22)37-41(31(29)36-26)24-9-12-34-28(17-24)39-13-2-3-14-39/h7-9,12,17-18,20-22H,2-6,10-11,13-16H2,1H3,(H,38,42). The van der Waals surface area contributed by atoms with Crippen molar-refractivity contribution in [2.24, 2.45) is 5.92 Å². The van der Waals surface area contributed by atoms with Gasteiger partial charge in [0.05, 0.1) is 29.1 Å². The quantitative estimate of drug-likeness (QED) is 0.317. The summed E-state index contributed by atoms with van der Waals surface area (Å²) in [4.78, 5) is 31.8. The molecule has 2 saturated heterocycles. The van der Waals surface area contributed by atoms with Crippen LogP contribution in [0.4, 0.5) is 11.6 Å². The van der Waals surface area contributed by atoms with E-state index in [-0.39, 0.29) is 17.5 Å². The molecule has 0 radical (unpaired) electrons. The lowest BCUT2D eigenvalue weighted by molar-refractivity contribution is 0.0977. The number of anilines is 2. The molecule has 7 rings (SSSR count). The molecule has 1 amide bonds. The maximum atomic E-state index is 13.2. The molecule has 3 aliphatic rings. The highest BCUT2D eigenvalue weighted by Gasteiger charge is 2.30. The topological polar surface area (TPSA) is 150 Å². The fraction of sp³-hybridized carbons (Fsp3) is 0.438. The number of fused-ring (bicyclic) bond motifs is 1. The first-order valence-electron chi connectivity index (χ1n) is 15.6. The maximum absolute atomic E-state index is 13.2. The van der Waals surface area contributed by atoms with Crippen LogP contribution in [0.15, 0.2) is 42.7 Å². The number of nitriles is 1. The normalized spacial score (nSPS) is 17.8. The van der Waals surface area contributed by atoms with E-state index in [0.717, 1.165) is 117 Å². The lowest BCUT2D eigenvalue weighted by atomic mass is 9.81. The predicted molar refractivity (Wildman–Crippen MR) is 171 cm³/mol. The van der Waals surface area contributed by atoms with Crippen LogP contribution < -0.4 is 14.5 Å². The van der Waals surface area contributed by atoms with Crippen molar-refractivity contribution in [3.8, 4) is 22.9 Å². The third kappa shape index (κ3) is 5.82. The van der Waals surface area contributed by atoms with Crippen molar-refractivity contribution in [3.63, 3.8) is 0 Å². The van der Waals surface area contributed by atoms with Crippen molar-refractivity contribution in [2.45, 2.75) is 50.9 Å².